The number of carbonyl (C=O) groups is 1. The first-order chi connectivity index (χ1) is 17.0. The van der Waals surface area contributed by atoms with Gasteiger partial charge in [0.2, 0.25) is 11.7 Å². The zero-order chi connectivity index (χ0) is 24.6. The van der Waals surface area contributed by atoms with Crippen molar-refractivity contribution >= 4 is 5.91 Å². The number of nitrogens with one attached hydrogen (secondary N) is 2. The number of benzene rings is 2. The van der Waals surface area contributed by atoms with Crippen molar-refractivity contribution in [3.63, 3.8) is 0 Å². The van der Waals surface area contributed by atoms with Gasteiger partial charge < -0.3 is 20.1 Å². The minimum absolute atomic E-state index is 0.0945. The molecule has 8 heteroatoms. The van der Waals surface area contributed by atoms with Crippen LogP contribution in [-0.2, 0) is 22.5 Å². The Kier molecular flexibility index (Phi) is 7.93. The number of nitrogens with zero attached hydrogens (tertiary/aromatic N) is 2. The van der Waals surface area contributed by atoms with E-state index in [1.165, 1.54) is 11.9 Å². The van der Waals surface area contributed by atoms with Crippen molar-refractivity contribution in [1.29, 1.82) is 0 Å². The predicted molar refractivity (Wildman–Crippen MR) is 132 cm³/mol. The van der Waals surface area contributed by atoms with Crippen molar-refractivity contribution in [3.8, 4) is 17.6 Å². The highest BCUT2D eigenvalue weighted by Crippen LogP contribution is 2.23. The van der Waals surface area contributed by atoms with Crippen molar-refractivity contribution in [2.45, 2.75) is 18.9 Å². The molecule has 1 amide bonds. The molecule has 1 aromatic heterocycles. The summed E-state index contributed by atoms with van der Waals surface area (Å²) in [5, 5.41) is 12.6. The average molecular weight is 473 g/mol. The fraction of sp³-hybridized carbons (Fsp3) is 0.296. The van der Waals surface area contributed by atoms with E-state index in [-0.39, 0.29) is 18.0 Å². The van der Waals surface area contributed by atoms with Gasteiger partial charge in [0.25, 0.3) is 5.56 Å². The van der Waals surface area contributed by atoms with E-state index in [9.17, 15) is 14.7 Å². The second kappa shape index (κ2) is 11.5. The van der Waals surface area contributed by atoms with Crippen LogP contribution < -0.4 is 10.9 Å². The lowest BCUT2D eigenvalue weighted by molar-refractivity contribution is -0.122. The molecule has 3 N–H and O–H groups in total. The Morgan fingerprint density at radius 1 is 1.11 bits per heavy atom. The van der Waals surface area contributed by atoms with Gasteiger partial charge in [-0.2, -0.15) is 0 Å². The zero-order valence-electron chi connectivity index (χ0n) is 19.6. The molecule has 0 spiro atoms. The van der Waals surface area contributed by atoms with Crippen molar-refractivity contribution < 1.29 is 14.6 Å². The van der Waals surface area contributed by atoms with Gasteiger partial charge in [-0.1, -0.05) is 36.1 Å². The summed E-state index contributed by atoms with van der Waals surface area (Å²) in [6.45, 7) is 4.41. The first-order valence-corrected chi connectivity index (χ1v) is 11.5. The summed E-state index contributed by atoms with van der Waals surface area (Å²) >= 11 is 0. The van der Waals surface area contributed by atoms with E-state index < -0.39 is 17.2 Å². The molecule has 180 valence electrons. The van der Waals surface area contributed by atoms with Gasteiger partial charge in [-0.15, -0.1) is 0 Å². The maximum absolute atomic E-state index is 12.5. The number of hydrogen-bond donors (Lipinski definition) is 3. The van der Waals surface area contributed by atoms with E-state index in [0.29, 0.717) is 0 Å². The quantitative estimate of drug-likeness (QED) is 0.472. The van der Waals surface area contributed by atoms with Gasteiger partial charge in [0.1, 0.15) is 0 Å². The molecule has 1 saturated heterocycles. The highest BCUT2D eigenvalue weighted by Gasteiger charge is 2.23. The SMILES string of the molecule is CNC(=O)C(Cc1nc[nH]c(=O)c1O)c1ccc(C#Cc2ccc(CN3CCOCC3)cc2)cc1. The van der Waals surface area contributed by atoms with Crippen LogP contribution in [0, 0.1) is 11.8 Å². The Hall–Kier alpha value is -3.93. The van der Waals surface area contributed by atoms with E-state index in [2.05, 4.69) is 44.2 Å². The lowest BCUT2D eigenvalue weighted by Gasteiger charge is -2.26. The normalized spacial score (nSPS) is 14.5. The third kappa shape index (κ3) is 6.35. The molecule has 8 nitrogen and oxygen atoms in total. The Morgan fingerprint density at radius 3 is 2.37 bits per heavy atom. The zero-order valence-corrected chi connectivity index (χ0v) is 19.6. The number of H-pyrrole nitrogens is 1. The van der Waals surface area contributed by atoms with Crippen LogP contribution in [0.25, 0.3) is 0 Å². The van der Waals surface area contributed by atoms with Crippen molar-refractivity contribution in [1.82, 2.24) is 20.2 Å². The van der Waals surface area contributed by atoms with E-state index in [1.807, 2.05) is 36.4 Å². The molecule has 3 aromatic rings. The highest BCUT2D eigenvalue weighted by atomic mass is 16.5. The first kappa shape index (κ1) is 24.2. The van der Waals surface area contributed by atoms with E-state index >= 15 is 0 Å². The van der Waals surface area contributed by atoms with Gasteiger partial charge in [0, 0.05) is 44.2 Å². The van der Waals surface area contributed by atoms with Gasteiger partial charge in [-0.25, -0.2) is 4.98 Å². The number of morpholine rings is 1. The molecular weight excluding hydrogens is 444 g/mol. The van der Waals surface area contributed by atoms with Crippen LogP contribution in [0.15, 0.2) is 59.7 Å². The topological polar surface area (TPSA) is 108 Å². The lowest BCUT2D eigenvalue weighted by atomic mass is 9.92. The molecule has 2 heterocycles. The van der Waals surface area contributed by atoms with Gasteiger partial charge in [-0.3, -0.25) is 14.5 Å². The van der Waals surface area contributed by atoms with E-state index in [1.54, 1.807) is 7.05 Å². The summed E-state index contributed by atoms with van der Waals surface area (Å²) in [7, 11) is 1.55. The third-order valence-corrected chi connectivity index (χ3v) is 5.99. The second-order valence-corrected chi connectivity index (χ2v) is 8.36. The van der Waals surface area contributed by atoms with Crippen LogP contribution in [-0.4, -0.2) is 59.2 Å². The molecule has 1 unspecified atom stereocenters. The summed E-state index contributed by atoms with van der Waals surface area (Å²) in [6, 6.07) is 15.6. The molecule has 0 radical (unpaired) electrons. The number of aromatic nitrogens is 2. The van der Waals surface area contributed by atoms with Crippen LogP contribution in [0.1, 0.15) is 33.9 Å². The standard InChI is InChI=1S/C27H28N4O4/c1-28-26(33)23(16-24-25(32)27(34)30-18-29-24)22-10-8-20(9-11-22)3-2-19-4-6-21(7-5-19)17-31-12-14-35-15-13-31/h4-11,18,23,32H,12-17H2,1H3,(H,28,33)(H,29,30,34). The highest BCUT2D eigenvalue weighted by molar-refractivity contribution is 5.83. The van der Waals surface area contributed by atoms with E-state index in [0.717, 1.165) is 49.5 Å². The van der Waals surface area contributed by atoms with Crippen LogP contribution in [0.4, 0.5) is 0 Å². The van der Waals surface area contributed by atoms with Crippen LogP contribution in [0.5, 0.6) is 5.75 Å². The first-order valence-electron chi connectivity index (χ1n) is 11.5. The molecule has 0 aliphatic carbocycles. The van der Waals surface area contributed by atoms with Crippen LogP contribution in [0.3, 0.4) is 0 Å². The van der Waals surface area contributed by atoms with Crippen molar-refractivity contribution in [3.05, 3.63) is 93.2 Å². The maximum atomic E-state index is 12.5. The number of likely N-dealkylation sites (N-methyl/N-ethyl adjacent to an activating group) is 1. The number of hydrogen-bond acceptors (Lipinski definition) is 6. The molecule has 0 saturated carbocycles. The number of rotatable bonds is 6. The Morgan fingerprint density at radius 2 is 1.74 bits per heavy atom. The molecule has 4 rings (SSSR count). The number of aromatic amines is 1. The molecule has 1 aliphatic rings. The summed E-state index contributed by atoms with van der Waals surface area (Å²) in [5.41, 5.74) is 3.28. The summed E-state index contributed by atoms with van der Waals surface area (Å²) in [5.74, 6) is 5.03. The predicted octanol–water partition coefficient (Wildman–Crippen LogP) is 1.78. The number of carbonyl (C=O) groups excluding carboxylic acids is 1. The van der Waals surface area contributed by atoms with Gasteiger partial charge >= 0.3 is 0 Å². The summed E-state index contributed by atoms with van der Waals surface area (Å²) in [4.78, 5) is 32.9. The molecule has 35 heavy (non-hydrogen) atoms. The molecule has 1 fully saturated rings. The molecule has 0 bridgehead atoms. The molecule has 1 aliphatic heterocycles. The Balaban J connectivity index is 1.44. The third-order valence-electron chi connectivity index (χ3n) is 5.99. The average Bonchev–Trinajstić information content (AvgIpc) is 2.90. The lowest BCUT2D eigenvalue weighted by Crippen LogP contribution is -2.35. The minimum atomic E-state index is -0.634. The van der Waals surface area contributed by atoms with Crippen molar-refractivity contribution in [2.75, 3.05) is 33.4 Å². The molecule has 1 atom stereocenters. The smallest absolute Gasteiger partial charge is 0.293 e. The number of amides is 1. The van der Waals surface area contributed by atoms with Crippen molar-refractivity contribution in [2.24, 2.45) is 0 Å². The number of ether oxygens (including phenoxy) is 1. The number of aromatic hydroxyl groups is 1. The van der Waals surface area contributed by atoms with Crippen LogP contribution >= 0.6 is 0 Å². The van der Waals surface area contributed by atoms with Gasteiger partial charge in [0.05, 0.1) is 31.2 Å². The maximum Gasteiger partial charge on any atom is 0.293 e. The fourth-order valence-corrected chi connectivity index (χ4v) is 3.96. The second-order valence-electron chi connectivity index (χ2n) is 8.36. The molecular formula is C27H28N4O4. The minimum Gasteiger partial charge on any atom is -0.502 e. The largest absolute Gasteiger partial charge is 0.502 e. The Bertz CT molecular complexity index is 1270. The fourth-order valence-electron chi connectivity index (χ4n) is 3.96. The monoisotopic (exact) mass is 472 g/mol. The summed E-state index contributed by atoms with van der Waals surface area (Å²) < 4.78 is 5.40. The Labute approximate surface area is 204 Å². The molecule has 2 aromatic carbocycles. The summed E-state index contributed by atoms with van der Waals surface area (Å²) in [6.07, 6.45) is 1.31. The van der Waals surface area contributed by atoms with Gasteiger partial charge in [-0.05, 0) is 35.4 Å². The van der Waals surface area contributed by atoms with Gasteiger partial charge in [0.15, 0.2) is 0 Å². The van der Waals surface area contributed by atoms with E-state index in [4.69, 9.17) is 4.74 Å². The van der Waals surface area contributed by atoms with Crippen LogP contribution in [0.2, 0.25) is 0 Å².